The lowest BCUT2D eigenvalue weighted by Gasteiger charge is -2.09. The SMILES string of the molecule is O=C(NCc1ccc(F)cc1)c1ccc(Nc2cc(-c3ccccc3)ncn2)cc1. The molecule has 0 spiro atoms. The molecule has 0 saturated heterocycles. The molecular formula is C24H19FN4O. The second kappa shape index (κ2) is 8.96. The highest BCUT2D eigenvalue weighted by molar-refractivity contribution is 5.94. The number of hydrogen-bond donors (Lipinski definition) is 2. The summed E-state index contributed by atoms with van der Waals surface area (Å²) in [7, 11) is 0. The number of amides is 1. The molecule has 4 aromatic rings. The minimum absolute atomic E-state index is 0.195. The van der Waals surface area contributed by atoms with Crippen molar-refractivity contribution in [1.82, 2.24) is 15.3 Å². The van der Waals surface area contributed by atoms with Crippen molar-refractivity contribution >= 4 is 17.4 Å². The quantitative estimate of drug-likeness (QED) is 0.482. The van der Waals surface area contributed by atoms with Crippen LogP contribution in [-0.2, 0) is 6.54 Å². The first kappa shape index (κ1) is 19.3. The number of nitrogens with zero attached hydrogens (tertiary/aromatic N) is 2. The summed E-state index contributed by atoms with van der Waals surface area (Å²) in [5, 5.41) is 6.05. The van der Waals surface area contributed by atoms with Crippen LogP contribution in [0.15, 0.2) is 91.3 Å². The molecule has 0 bridgehead atoms. The lowest BCUT2D eigenvalue weighted by molar-refractivity contribution is 0.0951. The summed E-state index contributed by atoms with van der Waals surface area (Å²) in [4.78, 5) is 20.9. The third-order valence-corrected chi connectivity index (χ3v) is 4.52. The van der Waals surface area contributed by atoms with Gasteiger partial charge in [-0.15, -0.1) is 0 Å². The van der Waals surface area contributed by atoms with Gasteiger partial charge in [-0.05, 0) is 42.0 Å². The first-order valence-corrected chi connectivity index (χ1v) is 9.44. The molecule has 0 unspecified atom stereocenters. The van der Waals surface area contributed by atoms with Crippen LogP contribution in [-0.4, -0.2) is 15.9 Å². The second-order valence-corrected chi connectivity index (χ2v) is 6.67. The van der Waals surface area contributed by atoms with Crippen molar-refractivity contribution < 1.29 is 9.18 Å². The van der Waals surface area contributed by atoms with Gasteiger partial charge in [-0.1, -0.05) is 42.5 Å². The largest absolute Gasteiger partial charge is 0.348 e. The molecule has 30 heavy (non-hydrogen) atoms. The lowest BCUT2D eigenvalue weighted by atomic mass is 10.1. The summed E-state index contributed by atoms with van der Waals surface area (Å²) in [6.07, 6.45) is 1.52. The van der Waals surface area contributed by atoms with Crippen LogP contribution in [0.25, 0.3) is 11.3 Å². The fraction of sp³-hybridized carbons (Fsp3) is 0.0417. The summed E-state index contributed by atoms with van der Waals surface area (Å²) < 4.78 is 13.0. The van der Waals surface area contributed by atoms with E-state index >= 15 is 0 Å². The smallest absolute Gasteiger partial charge is 0.251 e. The van der Waals surface area contributed by atoms with Crippen LogP contribution in [0, 0.1) is 5.82 Å². The Bertz CT molecular complexity index is 1130. The molecule has 148 valence electrons. The summed E-state index contributed by atoms with van der Waals surface area (Å²) in [6, 6.07) is 24.9. The third-order valence-electron chi connectivity index (χ3n) is 4.52. The van der Waals surface area contributed by atoms with E-state index < -0.39 is 0 Å². The van der Waals surface area contributed by atoms with Gasteiger partial charge < -0.3 is 10.6 Å². The van der Waals surface area contributed by atoms with E-state index in [0.29, 0.717) is 17.9 Å². The Morgan fingerprint density at radius 3 is 2.33 bits per heavy atom. The van der Waals surface area contributed by atoms with Gasteiger partial charge in [-0.2, -0.15) is 0 Å². The maximum absolute atomic E-state index is 13.0. The molecule has 0 radical (unpaired) electrons. The Labute approximate surface area is 173 Å². The van der Waals surface area contributed by atoms with E-state index in [1.165, 1.54) is 18.5 Å². The van der Waals surface area contributed by atoms with Gasteiger partial charge in [0.15, 0.2) is 0 Å². The number of rotatable bonds is 6. The number of anilines is 2. The zero-order valence-corrected chi connectivity index (χ0v) is 16.0. The predicted octanol–water partition coefficient (Wildman–Crippen LogP) is 4.96. The van der Waals surface area contributed by atoms with Crippen LogP contribution in [0.1, 0.15) is 15.9 Å². The topological polar surface area (TPSA) is 66.9 Å². The number of carbonyl (C=O) groups is 1. The third kappa shape index (κ3) is 4.86. The molecule has 1 heterocycles. The number of carbonyl (C=O) groups excluding carboxylic acids is 1. The van der Waals surface area contributed by atoms with Crippen LogP contribution < -0.4 is 10.6 Å². The number of aromatic nitrogens is 2. The molecule has 3 aromatic carbocycles. The number of benzene rings is 3. The number of hydrogen-bond acceptors (Lipinski definition) is 4. The molecule has 5 nitrogen and oxygen atoms in total. The van der Waals surface area contributed by atoms with Crippen molar-refractivity contribution in [3.8, 4) is 11.3 Å². The predicted molar refractivity (Wildman–Crippen MR) is 115 cm³/mol. The standard InChI is InChI=1S/C24H19FN4O/c25-20-10-6-17(7-11-20)15-26-24(30)19-8-12-21(13-9-19)29-23-14-22(27-16-28-23)18-4-2-1-3-5-18/h1-14,16H,15H2,(H,26,30)(H,27,28,29). The van der Waals surface area contributed by atoms with Gasteiger partial charge in [-0.25, -0.2) is 14.4 Å². The van der Waals surface area contributed by atoms with Crippen molar-refractivity contribution in [2.75, 3.05) is 5.32 Å². The molecule has 0 aliphatic heterocycles. The second-order valence-electron chi connectivity index (χ2n) is 6.67. The zero-order chi connectivity index (χ0) is 20.8. The molecule has 4 rings (SSSR count). The highest BCUT2D eigenvalue weighted by atomic mass is 19.1. The number of nitrogens with one attached hydrogen (secondary N) is 2. The van der Waals surface area contributed by atoms with Crippen molar-refractivity contribution in [2.24, 2.45) is 0 Å². The molecule has 0 aliphatic carbocycles. The molecular weight excluding hydrogens is 379 g/mol. The van der Waals surface area contributed by atoms with Crippen molar-refractivity contribution in [1.29, 1.82) is 0 Å². The highest BCUT2D eigenvalue weighted by Crippen LogP contribution is 2.21. The van der Waals surface area contributed by atoms with Gasteiger partial charge >= 0.3 is 0 Å². The molecule has 1 aromatic heterocycles. The van der Waals surface area contributed by atoms with E-state index in [9.17, 15) is 9.18 Å². The monoisotopic (exact) mass is 398 g/mol. The maximum atomic E-state index is 13.0. The average molecular weight is 398 g/mol. The van der Waals surface area contributed by atoms with Gasteiger partial charge in [0.05, 0.1) is 5.69 Å². The summed E-state index contributed by atoms with van der Waals surface area (Å²) >= 11 is 0. The van der Waals surface area contributed by atoms with Gasteiger partial charge in [0.2, 0.25) is 0 Å². The van der Waals surface area contributed by atoms with E-state index in [0.717, 1.165) is 22.5 Å². The van der Waals surface area contributed by atoms with Crippen LogP contribution >= 0.6 is 0 Å². The summed E-state index contributed by atoms with van der Waals surface area (Å²) in [5.74, 6) is 0.171. The zero-order valence-electron chi connectivity index (χ0n) is 16.0. The van der Waals surface area contributed by atoms with E-state index in [-0.39, 0.29) is 11.7 Å². The van der Waals surface area contributed by atoms with Gasteiger partial charge in [0.25, 0.3) is 5.91 Å². The molecule has 1 amide bonds. The van der Waals surface area contributed by atoms with E-state index in [1.54, 1.807) is 24.3 Å². The Kier molecular flexibility index (Phi) is 5.75. The minimum atomic E-state index is -0.298. The van der Waals surface area contributed by atoms with Crippen molar-refractivity contribution in [3.63, 3.8) is 0 Å². The summed E-state index contributed by atoms with van der Waals surface area (Å²) in [5.41, 5.74) is 4.01. The van der Waals surface area contributed by atoms with Crippen LogP contribution in [0.5, 0.6) is 0 Å². The van der Waals surface area contributed by atoms with Crippen LogP contribution in [0.2, 0.25) is 0 Å². The fourth-order valence-electron chi connectivity index (χ4n) is 2.93. The fourth-order valence-corrected chi connectivity index (χ4v) is 2.93. The molecule has 2 N–H and O–H groups in total. The van der Waals surface area contributed by atoms with Crippen molar-refractivity contribution in [2.45, 2.75) is 6.54 Å². The minimum Gasteiger partial charge on any atom is -0.348 e. The summed E-state index contributed by atoms with van der Waals surface area (Å²) in [6.45, 7) is 0.336. The van der Waals surface area contributed by atoms with Gasteiger partial charge in [0, 0.05) is 29.4 Å². The first-order chi connectivity index (χ1) is 14.7. The van der Waals surface area contributed by atoms with Crippen LogP contribution in [0.3, 0.4) is 0 Å². The van der Waals surface area contributed by atoms with Crippen LogP contribution in [0.4, 0.5) is 15.9 Å². The van der Waals surface area contributed by atoms with E-state index in [1.807, 2.05) is 48.5 Å². The lowest BCUT2D eigenvalue weighted by Crippen LogP contribution is -2.22. The maximum Gasteiger partial charge on any atom is 0.251 e. The molecule has 6 heteroatoms. The highest BCUT2D eigenvalue weighted by Gasteiger charge is 2.07. The van der Waals surface area contributed by atoms with Crippen molar-refractivity contribution in [3.05, 3.63) is 108 Å². The van der Waals surface area contributed by atoms with Gasteiger partial charge in [0.1, 0.15) is 18.0 Å². The first-order valence-electron chi connectivity index (χ1n) is 9.44. The normalized spacial score (nSPS) is 10.4. The Morgan fingerprint density at radius 2 is 1.60 bits per heavy atom. The van der Waals surface area contributed by atoms with Gasteiger partial charge in [-0.3, -0.25) is 4.79 Å². The Hall–Kier alpha value is -4.06. The van der Waals surface area contributed by atoms with E-state index in [2.05, 4.69) is 20.6 Å². The number of halogens is 1. The Morgan fingerprint density at radius 1 is 0.867 bits per heavy atom. The van der Waals surface area contributed by atoms with E-state index in [4.69, 9.17) is 0 Å². The molecule has 0 aliphatic rings. The molecule has 0 saturated carbocycles. The Balaban J connectivity index is 1.39. The molecule has 0 atom stereocenters. The average Bonchev–Trinajstić information content (AvgIpc) is 2.80. The molecule has 0 fully saturated rings.